The molecular weight excluding hydrogens is 927 g/mol. The lowest BCUT2D eigenvalue weighted by Gasteiger charge is -2.45. The summed E-state index contributed by atoms with van der Waals surface area (Å²) in [5.74, 6) is -0.109. The van der Waals surface area contributed by atoms with Gasteiger partial charge in [0.15, 0.2) is 30.4 Å². The number of carbonyl (C=O) groups is 1. The molecule has 0 radical (unpaired) electrons. The maximum atomic E-state index is 14.1. The van der Waals surface area contributed by atoms with Crippen molar-refractivity contribution in [3.63, 3.8) is 0 Å². The molecule has 60 heavy (non-hydrogen) atoms. The van der Waals surface area contributed by atoms with E-state index >= 15 is 0 Å². The van der Waals surface area contributed by atoms with Crippen LogP contribution >= 0.6 is 34.4 Å². The second-order valence-electron chi connectivity index (χ2n) is 15.3. The van der Waals surface area contributed by atoms with Crippen molar-refractivity contribution in [1.82, 2.24) is 10.8 Å². The van der Waals surface area contributed by atoms with Crippen molar-refractivity contribution in [2.24, 2.45) is 5.92 Å². The minimum atomic E-state index is -1.26. The first-order chi connectivity index (χ1) is 28.7. The first-order valence-corrected chi connectivity index (χ1v) is 22.1. The van der Waals surface area contributed by atoms with Crippen LogP contribution in [0.2, 0.25) is 0 Å². The maximum absolute atomic E-state index is 14.1. The summed E-state index contributed by atoms with van der Waals surface area (Å²) in [6.07, 6.45) is -10.4. The number of aliphatic hydroxyl groups excluding tert-OH is 4. The van der Waals surface area contributed by atoms with Gasteiger partial charge in [-0.05, 0) is 62.4 Å². The Morgan fingerprint density at radius 2 is 1.55 bits per heavy atom. The second-order valence-corrected chi connectivity index (χ2v) is 17.5. The van der Waals surface area contributed by atoms with Crippen LogP contribution in [0.4, 0.5) is 0 Å². The number of thioether (sulfide) groups is 1. The number of aliphatic hydroxyl groups is 4. The number of likely N-dealkylation sites (N-methyl/N-ethyl adjacent to an activating group) is 1. The number of rotatable bonds is 17. The fraction of sp³-hybridized carbons (Fsp3) is 0.821. The van der Waals surface area contributed by atoms with Crippen LogP contribution in [0.5, 0.6) is 17.2 Å². The summed E-state index contributed by atoms with van der Waals surface area (Å²) in [7, 11) is 7.34. The molecule has 4 fully saturated rings. The molecule has 1 unspecified atom stereocenters. The van der Waals surface area contributed by atoms with Gasteiger partial charge in [-0.25, -0.2) is 0 Å². The van der Waals surface area contributed by atoms with E-state index < -0.39 is 96.3 Å². The molecule has 5 rings (SSSR count). The normalized spacial score (nSPS) is 38.7. The van der Waals surface area contributed by atoms with Crippen LogP contribution in [0.15, 0.2) is 0 Å². The molecule has 0 aliphatic carbocycles. The predicted octanol–water partition coefficient (Wildman–Crippen LogP) is 1.23. The molecule has 0 bridgehead atoms. The number of hydrogen-bond donors (Lipinski definition) is 6. The van der Waals surface area contributed by atoms with Crippen molar-refractivity contribution in [3.05, 3.63) is 14.7 Å². The molecule has 344 valence electrons. The number of methoxy groups -OCH3 is 5. The molecule has 0 aromatic heterocycles. The van der Waals surface area contributed by atoms with Gasteiger partial charge in [0.05, 0.1) is 90.5 Å². The average Bonchev–Trinajstić information content (AvgIpc) is 3.22. The number of carbonyl (C=O) groups excluding carboxylic acids is 1. The van der Waals surface area contributed by atoms with Crippen molar-refractivity contribution in [1.29, 1.82) is 0 Å². The Labute approximate surface area is 369 Å². The van der Waals surface area contributed by atoms with E-state index in [0.29, 0.717) is 22.2 Å². The smallest absolute Gasteiger partial charge is 0.229 e. The Balaban J connectivity index is 1.23. The first-order valence-electron chi connectivity index (χ1n) is 20.1. The van der Waals surface area contributed by atoms with E-state index in [2.05, 4.69) is 10.8 Å². The number of hydrogen-bond acceptors (Lipinski definition) is 20. The highest BCUT2D eigenvalue weighted by Gasteiger charge is 2.49. The predicted molar refractivity (Wildman–Crippen MR) is 223 cm³/mol. The summed E-state index contributed by atoms with van der Waals surface area (Å²) in [6, 6.07) is -0.794. The van der Waals surface area contributed by atoms with Crippen LogP contribution in [0.3, 0.4) is 0 Å². The lowest BCUT2D eigenvalue weighted by molar-refractivity contribution is -0.330. The number of halogens is 1. The number of benzene rings is 1. The zero-order chi connectivity index (χ0) is 44.0. The SMILES string of the molecule is CCN[C@H]1CO[C@@H](O[C@H]2[C@H](OC)O[C@H](C)[C@@H](NO[C@H]3C[C@H](O)[C@H](SC(=O)c4c(C)c(I)c(O[C@@H]5O[C@@H](C)[C@H](CO)[C@@H](OC)[C@H]5O)c(OC)c4OC)C(C)O3)[C@@H]2O)C[C@@H]1OC. The van der Waals surface area contributed by atoms with E-state index in [1.54, 1.807) is 34.8 Å². The summed E-state index contributed by atoms with van der Waals surface area (Å²) in [5.41, 5.74) is 3.58. The largest absolute Gasteiger partial charge is 0.492 e. The molecule has 1 aromatic carbocycles. The van der Waals surface area contributed by atoms with Gasteiger partial charge in [-0.15, -0.1) is 0 Å². The average molecular weight is 991 g/mol. The molecule has 17 atom stereocenters. The third kappa shape index (κ3) is 10.8. The third-order valence-corrected chi connectivity index (χ3v) is 14.2. The summed E-state index contributed by atoms with van der Waals surface area (Å²) in [6.45, 7) is 9.83. The van der Waals surface area contributed by atoms with Crippen LogP contribution in [0.25, 0.3) is 0 Å². The molecule has 4 aliphatic rings. The Bertz CT molecular complexity index is 1540. The molecule has 0 amide bonds. The zero-order valence-electron chi connectivity index (χ0n) is 35.7. The summed E-state index contributed by atoms with van der Waals surface area (Å²) in [5, 5.41) is 46.1. The standard InChI is InChI=1S/C39H63IN2O17S/c1-11-41-21-15-53-24(13-23(21)48-6)57-34-29(45)28(18(4)56-39(34)52-10)42-59-25-12-22(44)36(19(5)54-25)60-37(47)26-16(2)27(40)33(35(51-9)32(26)50-8)58-38-30(46)31(49-7)20(14-43)17(3)55-38/h17-25,28-31,34,36,38-39,41-46H,11-15H2,1-10H3/t17-,18+,19?,20-,21-,22-,23-,24-,25-,28+,29-,30+,31+,34+,36+,38-,39+/m0/s1. The Kier molecular flexibility index (Phi) is 18.7. The molecule has 0 saturated carbocycles. The lowest BCUT2D eigenvalue weighted by Crippen LogP contribution is -2.64. The van der Waals surface area contributed by atoms with Crippen molar-refractivity contribution in [2.45, 2.75) is 145 Å². The molecule has 19 nitrogen and oxygen atoms in total. The molecule has 4 saturated heterocycles. The highest BCUT2D eigenvalue weighted by atomic mass is 127. The van der Waals surface area contributed by atoms with Crippen molar-refractivity contribution < 1.29 is 82.2 Å². The van der Waals surface area contributed by atoms with Crippen molar-refractivity contribution in [2.75, 3.05) is 55.3 Å². The van der Waals surface area contributed by atoms with Crippen molar-refractivity contribution in [3.8, 4) is 17.2 Å². The molecule has 21 heteroatoms. The minimum Gasteiger partial charge on any atom is -0.492 e. The van der Waals surface area contributed by atoms with Gasteiger partial charge >= 0.3 is 0 Å². The van der Waals surface area contributed by atoms with Gasteiger partial charge < -0.3 is 77.8 Å². The van der Waals surface area contributed by atoms with Crippen LogP contribution in [-0.4, -0.2) is 178 Å². The maximum Gasteiger partial charge on any atom is 0.229 e. The molecular formula is C39H63IN2O17S. The fourth-order valence-corrected chi connectivity index (χ4v) is 9.97. The first kappa shape index (κ1) is 49.8. The monoisotopic (exact) mass is 990 g/mol. The van der Waals surface area contributed by atoms with Crippen LogP contribution in [-0.2, 0) is 42.7 Å². The highest BCUT2D eigenvalue weighted by Crippen LogP contribution is 2.49. The van der Waals surface area contributed by atoms with Gasteiger partial charge in [0, 0.05) is 40.1 Å². The Morgan fingerprint density at radius 1 is 0.850 bits per heavy atom. The Morgan fingerprint density at radius 3 is 2.15 bits per heavy atom. The van der Waals surface area contributed by atoms with E-state index in [1.165, 1.54) is 28.4 Å². The van der Waals surface area contributed by atoms with E-state index in [9.17, 15) is 25.2 Å². The molecule has 4 aliphatic heterocycles. The quantitative estimate of drug-likeness (QED) is 0.0952. The number of ether oxygens (including phenoxy) is 11. The van der Waals surface area contributed by atoms with Gasteiger partial charge in [0.25, 0.3) is 0 Å². The zero-order valence-corrected chi connectivity index (χ0v) is 38.7. The summed E-state index contributed by atoms with van der Waals surface area (Å²) >= 11 is 2.93. The van der Waals surface area contributed by atoms with Crippen LogP contribution in [0, 0.1) is 16.4 Å². The minimum absolute atomic E-state index is 0.000237. The summed E-state index contributed by atoms with van der Waals surface area (Å²) < 4.78 is 65.3. The molecule has 6 N–H and O–H groups in total. The summed E-state index contributed by atoms with van der Waals surface area (Å²) in [4.78, 5) is 20.1. The van der Waals surface area contributed by atoms with E-state index in [-0.39, 0.29) is 48.0 Å². The van der Waals surface area contributed by atoms with Gasteiger partial charge in [-0.1, -0.05) is 18.7 Å². The molecule has 4 heterocycles. The topological polar surface area (TPSA) is 233 Å². The van der Waals surface area contributed by atoms with Gasteiger partial charge in [-0.3, -0.25) is 9.63 Å². The van der Waals surface area contributed by atoms with Crippen molar-refractivity contribution >= 4 is 39.5 Å². The number of hydroxylamine groups is 1. The third-order valence-electron chi connectivity index (χ3n) is 11.6. The van der Waals surface area contributed by atoms with Gasteiger partial charge in [0.1, 0.15) is 18.3 Å². The fourth-order valence-electron chi connectivity index (χ4n) is 8.19. The van der Waals surface area contributed by atoms with Crippen LogP contribution in [0.1, 0.15) is 56.5 Å². The van der Waals surface area contributed by atoms with E-state index in [0.717, 1.165) is 18.3 Å². The van der Waals surface area contributed by atoms with E-state index in [1.807, 2.05) is 29.5 Å². The molecule has 0 spiro atoms. The number of nitrogens with one attached hydrogen (secondary N) is 2. The molecule has 1 aromatic rings. The lowest BCUT2D eigenvalue weighted by atomic mass is 9.90. The Hall–Kier alpha value is -1.23. The highest BCUT2D eigenvalue weighted by molar-refractivity contribution is 14.1. The van der Waals surface area contributed by atoms with Crippen LogP contribution < -0.4 is 25.0 Å². The van der Waals surface area contributed by atoms with Gasteiger partial charge in [0.2, 0.25) is 17.2 Å². The van der Waals surface area contributed by atoms with Gasteiger partial charge in [-0.2, -0.15) is 5.48 Å². The van der Waals surface area contributed by atoms with E-state index in [4.69, 9.17) is 56.9 Å². The second kappa shape index (κ2) is 22.6.